The van der Waals surface area contributed by atoms with Crippen molar-refractivity contribution in [2.45, 2.75) is 83.3 Å². The van der Waals surface area contributed by atoms with Crippen molar-refractivity contribution in [2.75, 3.05) is 6.61 Å². The Hall–Kier alpha value is -3.16. The van der Waals surface area contributed by atoms with Crippen molar-refractivity contribution in [3.8, 4) is 0 Å². The third-order valence-electron chi connectivity index (χ3n) is 6.81. The number of carbonyl (C=O) groups is 3. The highest BCUT2D eigenvalue weighted by Crippen LogP contribution is 2.44. The first-order valence-corrected chi connectivity index (χ1v) is 12.3. The minimum atomic E-state index is -0.893. The van der Waals surface area contributed by atoms with Gasteiger partial charge in [-0.1, -0.05) is 55.5 Å². The Morgan fingerprint density at radius 3 is 2.53 bits per heavy atom. The van der Waals surface area contributed by atoms with Gasteiger partial charge < -0.3 is 15.0 Å². The third-order valence-corrected chi connectivity index (χ3v) is 6.81. The van der Waals surface area contributed by atoms with Crippen LogP contribution in [0.1, 0.15) is 90.4 Å². The Morgan fingerprint density at radius 2 is 1.88 bits per heavy atom. The fourth-order valence-electron chi connectivity index (χ4n) is 4.77. The number of amides is 2. The van der Waals surface area contributed by atoms with E-state index < -0.39 is 11.5 Å². The van der Waals surface area contributed by atoms with Crippen molar-refractivity contribution in [3.63, 3.8) is 0 Å². The number of nitrogens with zero attached hydrogens (tertiary/aromatic N) is 2. The highest BCUT2D eigenvalue weighted by atomic mass is 16.5. The van der Waals surface area contributed by atoms with Gasteiger partial charge in [-0.25, -0.2) is 4.79 Å². The first-order valence-electron chi connectivity index (χ1n) is 12.3. The van der Waals surface area contributed by atoms with E-state index in [1.807, 2.05) is 31.2 Å². The van der Waals surface area contributed by atoms with E-state index in [-0.39, 0.29) is 35.9 Å². The van der Waals surface area contributed by atoms with Crippen LogP contribution in [-0.2, 0) is 16.1 Å². The fraction of sp³-hybridized carbons (Fsp3) is 0.538. The van der Waals surface area contributed by atoms with Crippen molar-refractivity contribution in [2.24, 2.45) is 0 Å². The lowest BCUT2D eigenvalue weighted by atomic mass is 10.1. The van der Waals surface area contributed by atoms with Crippen LogP contribution >= 0.6 is 0 Å². The molecule has 1 aromatic heterocycles. The second-order valence-corrected chi connectivity index (χ2v) is 9.46. The lowest BCUT2D eigenvalue weighted by Crippen LogP contribution is -2.53. The third kappa shape index (κ3) is 5.32. The molecule has 1 heterocycles. The molecule has 34 heavy (non-hydrogen) atoms. The number of ether oxygens (including phenoxy) is 1. The highest BCUT2D eigenvalue weighted by Gasteiger charge is 2.57. The van der Waals surface area contributed by atoms with Crippen LogP contribution in [0.25, 0.3) is 0 Å². The van der Waals surface area contributed by atoms with Crippen LogP contribution in [0, 0.1) is 6.92 Å². The molecule has 2 saturated carbocycles. The van der Waals surface area contributed by atoms with Gasteiger partial charge >= 0.3 is 5.97 Å². The SMILES string of the molecule is CCOC(=O)c1cc(C(=O)N(Cc2cccc(C)c2)C2(C(=O)NC3CCCCCC3)CC2)n[nH]1. The molecule has 2 N–H and O–H groups in total. The second kappa shape index (κ2) is 10.4. The molecule has 8 heteroatoms. The minimum Gasteiger partial charge on any atom is -0.461 e. The molecule has 2 aromatic rings. The summed E-state index contributed by atoms with van der Waals surface area (Å²) >= 11 is 0. The molecule has 1 aromatic carbocycles. The number of carbonyl (C=O) groups excluding carboxylic acids is 3. The molecule has 2 amide bonds. The van der Waals surface area contributed by atoms with Crippen LogP contribution in [0.4, 0.5) is 0 Å². The van der Waals surface area contributed by atoms with Gasteiger partial charge in [0.1, 0.15) is 11.2 Å². The van der Waals surface area contributed by atoms with Crippen molar-refractivity contribution in [1.82, 2.24) is 20.4 Å². The van der Waals surface area contributed by atoms with E-state index in [9.17, 15) is 14.4 Å². The zero-order valence-corrected chi connectivity index (χ0v) is 20.1. The van der Waals surface area contributed by atoms with E-state index in [0.717, 1.165) is 36.8 Å². The topological polar surface area (TPSA) is 104 Å². The Bertz CT molecular complexity index is 1030. The Kier molecular flexibility index (Phi) is 7.34. The van der Waals surface area contributed by atoms with Gasteiger partial charge in [-0.15, -0.1) is 0 Å². The highest BCUT2D eigenvalue weighted by molar-refractivity contribution is 6.01. The average molecular weight is 467 g/mol. The lowest BCUT2D eigenvalue weighted by Gasteiger charge is -2.32. The normalized spacial score (nSPS) is 17.5. The summed E-state index contributed by atoms with van der Waals surface area (Å²) in [5.74, 6) is -1.02. The van der Waals surface area contributed by atoms with Gasteiger partial charge in [0.25, 0.3) is 5.91 Å². The molecule has 0 atom stereocenters. The van der Waals surface area contributed by atoms with Gasteiger partial charge in [0.15, 0.2) is 5.69 Å². The second-order valence-electron chi connectivity index (χ2n) is 9.46. The van der Waals surface area contributed by atoms with Crippen molar-refractivity contribution in [3.05, 3.63) is 52.8 Å². The number of rotatable bonds is 8. The number of aromatic amines is 1. The van der Waals surface area contributed by atoms with Gasteiger partial charge in [0.2, 0.25) is 5.91 Å². The van der Waals surface area contributed by atoms with Crippen LogP contribution in [0.15, 0.2) is 30.3 Å². The minimum absolute atomic E-state index is 0.0819. The monoisotopic (exact) mass is 466 g/mol. The fourth-order valence-corrected chi connectivity index (χ4v) is 4.77. The molecule has 0 radical (unpaired) electrons. The molecule has 2 aliphatic carbocycles. The quantitative estimate of drug-likeness (QED) is 0.453. The van der Waals surface area contributed by atoms with Gasteiger partial charge in [-0.2, -0.15) is 5.10 Å². The molecule has 182 valence electrons. The summed E-state index contributed by atoms with van der Waals surface area (Å²) in [4.78, 5) is 40.9. The molecule has 0 bridgehead atoms. The molecular formula is C26H34N4O4. The molecule has 2 aliphatic rings. The maximum atomic E-state index is 13.7. The van der Waals surface area contributed by atoms with Crippen molar-refractivity contribution < 1.29 is 19.1 Å². The summed E-state index contributed by atoms with van der Waals surface area (Å²) in [6.45, 7) is 4.24. The van der Waals surface area contributed by atoms with E-state index in [1.165, 1.54) is 18.9 Å². The van der Waals surface area contributed by atoms with Crippen LogP contribution in [0.5, 0.6) is 0 Å². The predicted octanol–water partition coefficient (Wildman–Crippen LogP) is 3.91. The van der Waals surface area contributed by atoms with E-state index in [0.29, 0.717) is 19.4 Å². The van der Waals surface area contributed by atoms with Crippen LogP contribution in [-0.4, -0.2) is 51.1 Å². The largest absolute Gasteiger partial charge is 0.461 e. The summed E-state index contributed by atoms with van der Waals surface area (Å²) < 4.78 is 5.00. The maximum absolute atomic E-state index is 13.7. The van der Waals surface area contributed by atoms with E-state index >= 15 is 0 Å². The standard InChI is InChI=1S/C26H34N4O4/c1-3-34-24(32)22-16-21(28-29-22)23(31)30(17-19-10-8-9-18(2)15-19)26(13-14-26)25(33)27-20-11-6-4-5-7-12-20/h8-10,15-16,20H,3-7,11-14,17H2,1-2H3,(H,27,33)(H,28,29). The zero-order valence-electron chi connectivity index (χ0n) is 20.1. The molecule has 0 saturated heterocycles. The number of aryl methyl sites for hydroxylation is 1. The van der Waals surface area contributed by atoms with Crippen molar-refractivity contribution in [1.29, 1.82) is 0 Å². The molecule has 0 spiro atoms. The van der Waals surface area contributed by atoms with Crippen LogP contribution < -0.4 is 5.32 Å². The van der Waals surface area contributed by atoms with Gasteiger partial charge in [0.05, 0.1) is 6.61 Å². The summed E-state index contributed by atoms with van der Waals surface area (Å²) in [6.07, 6.45) is 7.83. The molecule has 2 fully saturated rings. The first-order chi connectivity index (χ1) is 16.4. The maximum Gasteiger partial charge on any atom is 0.356 e. The van der Waals surface area contributed by atoms with Gasteiger partial charge in [-0.05, 0) is 45.1 Å². The lowest BCUT2D eigenvalue weighted by molar-refractivity contribution is -0.128. The number of hydrogen-bond acceptors (Lipinski definition) is 5. The predicted molar refractivity (Wildman–Crippen MR) is 127 cm³/mol. The van der Waals surface area contributed by atoms with E-state index in [1.54, 1.807) is 11.8 Å². The average Bonchev–Trinajstić information content (AvgIpc) is 3.54. The summed E-state index contributed by atoms with van der Waals surface area (Å²) in [7, 11) is 0. The zero-order chi connectivity index (χ0) is 24.1. The van der Waals surface area contributed by atoms with Crippen LogP contribution in [0.2, 0.25) is 0 Å². The van der Waals surface area contributed by atoms with Crippen LogP contribution in [0.3, 0.4) is 0 Å². The molecular weight excluding hydrogens is 432 g/mol. The number of hydrogen-bond donors (Lipinski definition) is 2. The van der Waals surface area contributed by atoms with E-state index in [4.69, 9.17) is 4.74 Å². The molecule has 0 aliphatic heterocycles. The number of H-pyrrole nitrogens is 1. The summed E-state index contributed by atoms with van der Waals surface area (Å²) in [5.41, 5.74) is 1.36. The Balaban J connectivity index is 1.59. The molecule has 4 rings (SSSR count). The summed E-state index contributed by atoms with van der Waals surface area (Å²) in [5, 5.41) is 9.93. The number of nitrogens with one attached hydrogen (secondary N) is 2. The smallest absolute Gasteiger partial charge is 0.356 e. The Morgan fingerprint density at radius 1 is 1.15 bits per heavy atom. The Labute approximate surface area is 200 Å². The first kappa shape index (κ1) is 24.0. The number of esters is 1. The summed E-state index contributed by atoms with van der Waals surface area (Å²) in [6, 6.07) is 9.49. The number of aromatic nitrogens is 2. The van der Waals surface area contributed by atoms with Gasteiger partial charge in [0, 0.05) is 18.7 Å². The van der Waals surface area contributed by atoms with Crippen molar-refractivity contribution >= 4 is 17.8 Å². The number of benzene rings is 1. The molecule has 8 nitrogen and oxygen atoms in total. The van der Waals surface area contributed by atoms with E-state index in [2.05, 4.69) is 15.5 Å². The molecule has 0 unspecified atom stereocenters. The van der Waals surface area contributed by atoms with Gasteiger partial charge in [-0.3, -0.25) is 14.7 Å².